The predicted octanol–water partition coefficient (Wildman–Crippen LogP) is 1.21. The van der Waals surface area contributed by atoms with Gasteiger partial charge in [0.25, 0.3) is 9.05 Å². The van der Waals surface area contributed by atoms with E-state index in [0.29, 0.717) is 17.9 Å². The van der Waals surface area contributed by atoms with Crippen LogP contribution in [-0.4, -0.2) is 27.7 Å². The van der Waals surface area contributed by atoms with E-state index in [0.717, 1.165) is 5.82 Å². The van der Waals surface area contributed by atoms with Crippen LogP contribution in [-0.2, 0) is 22.6 Å². The van der Waals surface area contributed by atoms with Crippen LogP contribution in [0, 0.1) is 13.8 Å². The first kappa shape index (κ1) is 13.1. The van der Waals surface area contributed by atoms with Gasteiger partial charge in [0.2, 0.25) is 0 Å². The molecule has 2 heterocycles. The number of aromatic nitrogens is 4. The molecule has 6 nitrogen and oxygen atoms in total. The minimum Gasteiger partial charge on any atom is -0.336 e. The van der Waals surface area contributed by atoms with Gasteiger partial charge in [-0.05, 0) is 13.8 Å². The maximum atomic E-state index is 11.4. The van der Waals surface area contributed by atoms with E-state index in [1.54, 1.807) is 24.7 Å². The van der Waals surface area contributed by atoms with E-state index in [1.165, 1.54) is 0 Å². The molecule has 0 aromatic carbocycles. The summed E-state index contributed by atoms with van der Waals surface area (Å²) in [6.45, 7) is 3.71. The van der Waals surface area contributed by atoms with Gasteiger partial charge in [0.05, 0.1) is 17.9 Å². The smallest absolute Gasteiger partial charge is 0.264 e. The lowest BCUT2D eigenvalue weighted by molar-refractivity contribution is 0.602. The van der Waals surface area contributed by atoms with Crippen molar-refractivity contribution in [1.82, 2.24) is 19.3 Å². The van der Waals surface area contributed by atoms with Crippen LogP contribution in [0.2, 0.25) is 0 Å². The van der Waals surface area contributed by atoms with Crippen molar-refractivity contribution in [1.29, 1.82) is 0 Å². The highest BCUT2D eigenvalue weighted by Gasteiger charge is 2.22. The van der Waals surface area contributed by atoms with Crippen molar-refractivity contribution in [2.24, 2.45) is 7.05 Å². The first-order chi connectivity index (χ1) is 8.30. The standard InChI is InChI=1S/C10H13ClN4O2S/c1-7-10(18(11,16)17)8(2)15(13-7)6-9-12-4-5-14(9)3/h4-5H,6H2,1-3H3. The Hall–Kier alpha value is -1.34. The van der Waals surface area contributed by atoms with Crippen molar-refractivity contribution in [3.8, 4) is 0 Å². The van der Waals surface area contributed by atoms with Crippen LogP contribution in [0.1, 0.15) is 17.2 Å². The monoisotopic (exact) mass is 288 g/mol. The maximum Gasteiger partial charge on any atom is 0.264 e. The van der Waals surface area contributed by atoms with Gasteiger partial charge in [-0.2, -0.15) is 5.10 Å². The van der Waals surface area contributed by atoms with Gasteiger partial charge < -0.3 is 4.57 Å². The largest absolute Gasteiger partial charge is 0.336 e. The van der Waals surface area contributed by atoms with Crippen LogP contribution in [0.4, 0.5) is 0 Å². The van der Waals surface area contributed by atoms with E-state index in [-0.39, 0.29) is 4.90 Å². The van der Waals surface area contributed by atoms with Crippen molar-refractivity contribution in [2.45, 2.75) is 25.3 Å². The molecular formula is C10H13ClN4O2S. The number of nitrogens with zero attached hydrogens (tertiary/aromatic N) is 4. The summed E-state index contributed by atoms with van der Waals surface area (Å²) in [6, 6.07) is 0. The summed E-state index contributed by atoms with van der Waals surface area (Å²) in [4.78, 5) is 4.25. The summed E-state index contributed by atoms with van der Waals surface area (Å²) in [7, 11) is 3.49. The maximum absolute atomic E-state index is 11.4. The fourth-order valence-corrected chi connectivity index (χ4v) is 3.39. The van der Waals surface area contributed by atoms with Crippen molar-refractivity contribution in [3.05, 3.63) is 29.6 Å². The molecule has 8 heteroatoms. The first-order valence-electron chi connectivity index (χ1n) is 5.25. The van der Waals surface area contributed by atoms with Crippen LogP contribution < -0.4 is 0 Å². The quantitative estimate of drug-likeness (QED) is 0.796. The van der Waals surface area contributed by atoms with E-state index in [1.807, 2.05) is 17.8 Å². The van der Waals surface area contributed by atoms with Crippen LogP contribution in [0.5, 0.6) is 0 Å². The van der Waals surface area contributed by atoms with Crippen molar-refractivity contribution in [3.63, 3.8) is 0 Å². The number of hydrogen-bond donors (Lipinski definition) is 0. The second-order valence-electron chi connectivity index (χ2n) is 4.05. The molecule has 0 N–H and O–H groups in total. The van der Waals surface area contributed by atoms with Gasteiger partial charge in [-0.3, -0.25) is 4.68 Å². The SMILES string of the molecule is Cc1nn(Cc2nccn2C)c(C)c1S(=O)(=O)Cl. The number of halogens is 1. The molecule has 98 valence electrons. The van der Waals surface area contributed by atoms with Gasteiger partial charge in [-0.25, -0.2) is 13.4 Å². The van der Waals surface area contributed by atoms with Crippen molar-refractivity contribution in [2.75, 3.05) is 0 Å². The lowest BCUT2D eigenvalue weighted by atomic mass is 10.4. The summed E-state index contributed by atoms with van der Waals surface area (Å²) in [5, 5.41) is 4.19. The molecule has 0 aliphatic rings. The fraction of sp³-hybridized carbons (Fsp3) is 0.400. The average Bonchev–Trinajstić information content (AvgIpc) is 2.72. The molecule has 0 radical (unpaired) electrons. The Morgan fingerprint density at radius 3 is 2.50 bits per heavy atom. The topological polar surface area (TPSA) is 69.8 Å². The van der Waals surface area contributed by atoms with Gasteiger partial charge in [-0.1, -0.05) is 0 Å². The lowest BCUT2D eigenvalue weighted by Crippen LogP contribution is -2.09. The third-order valence-electron chi connectivity index (χ3n) is 2.77. The Morgan fingerprint density at radius 2 is 2.06 bits per heavy atom. The molecule has 0 bridgehead atoms. The highest BCUT2D eigenvalue weighted by molar-refractivity contribution is 8.13. The summed E-state index contributed by atoms with van der Waals surface area (Å²) in [6.07, 6.45) is 3.50. The molecule has 0 spiro atoms. The van der Waals surface area contributed by atoms with Gasteiger partial charge in [0.15, 0.2) is 0 Å². The molecule has 2 rings (SSSR count). The van der Waals surface area contributed by atoms with Gasteiger partial charge in [0, 0.05) is 30.1 Å². The Morgan fingerprint density at radius 1 is 1.39 bits per heavy atom. The highest BCUT2D eigenvalue weighted by atomic mass is 35.7. The van der Waals surface area contributed by atoms with E-state index in [2.05, 4.69) is 10.1 Å². The molecule has 0 aliphatic carbocycles. The normalized spacial score (nSPS) is 12.0. The fourth-order valence-electron chi connectivity index (χ4n) is 1.87. The highest BCUT2D eigenvalue weighted by Crippen LogP contribution is 2.23. The average molecular weight is 289 g/mol. The molecule has 0 saturated carbocycles. The van der Waals surface area contributed by atoms with Crippen LogP contribution >= 0.6 is 10.7 Å². The Labute approximate surface area is 110 Å². The Balaban J connectivity index is 2.46. The Bertz CT molecular complexity index is 687. The van der Waals surface area contributed by atoms with E-state index in [4.69, 9.17) is 10.7 Å². The van der Waals surface area contributed by atoms with E-state index >= 15 is 0 Å². The summed E-state index contributed by atoms with van der Waals surface area (Å²) in [5.74, 6) is 0.791. The summed E-state index contributed by atoms with van der Waals surface area (Å²) in [5.41, 5.74) is 0.919. The van der Waals surface area contributed by atoms with Gasteiger partial charge in [-0.15, -0.1) is 0 Å². The minimum atomic E-state index is -3.77. The minimum absolute atomic E-state index is 0.0818. The molecule has 0 atom stereocenters. The zero-order chi connectivity index (χ0) is 13.5. The molecule has 0 unspecified atom stereocenters. The molecular weight excluding hydrogens is 276 g/mol. The van der Waals surface area contributed by atoms with Crippen LogP contribution in [0.15, 0.2) is 17.3 Å². The van der Waals surface area contributed by atoms with Crippen molar-refractivity contribution < 1.29 is 8.42 Å². The van der Waals surface area contributed by atoms with Gasteiger partial charge in [0.1, 0.15) is 10.7 Å². The lowest BCUT2D eigenvalue weighted by Gasteiger charge is -2.04. The van der Waals surface area contributed by atoms with Gasteiger partial charge >= 0.3 is 0 Å². The molecule has 0 saturated heterocycles. The van der Waals surface area contributed by atoms with Crippen molar-refractivity contribution >= 4 is 19.7 Å². The summed E-state index contributed by atoms with van der Waals surface area (Å²) >= 11 is 0. The predicted molar refractivity (Wildman–Crippen MR) is 67.0 cm³/mol. The number of rotatable bonds is 3. The Kier molecular flexibility index (Phi) is 3.20. The van der Waals surface area contributed by atoms with E-state index < -0.39 is 9.05 Å². The number of hydrogen-bond acceptors (Lipinski definition) is 4. The molecule has 2 aromatic heterocycles. The molecule has 0 aliphatic heterocycles. The van der Waals surface area contributed by atoms with Crippen LogP contribution in [0.25, 0.3) is 0 Å². The number of aryl methyl sites for hydroxylation is 2. The molecule has 2 aromatic rings. The molecule has 18 heavy (non-hydrogen) atoms. The second-order valence-corrected chi connectivity index (χ2v) is 6.55. The zero-order valence-corrected chi connectivity index (χ0v) is 11.8. The van der Waals surface area contributed by atoms with Crippen LogP contribution in [0.3, 0.4) is 0 Å². The first-order valence-corrected chi connectivity index (χ1v) is 7.56. The molecule has 0 amide bonds. The second kappa shape index (κ2) is 4.40. The summed E-state index contributed by atoms with van der Waals surface area (Å²) < 4.78 is 26.3. The third kappa shape index (κ3) is 2.28. The zero-order valence-electron chi connectivity index (χ0n) is 10.3. The molecule has 0 fully saturated rings. The number of imidazole rings is 1. The third-order valence-corrected chi connectivity index (χ3v) is 4.31. The van der Waals surface area contributed by atoms with E-state index in [9.17, 15) is 8.42 Å².